The average Bonchev–Trinajstić information content (AvgIpc) is 2.42. The highest BCUT2D eigenvalue weighted by atomic mass is 19.1. The van der Waals surface area contributed by atoms with Crippen LogP contribution in [-0.2, 0) is 15.1 Å². The molecule has 4 heteroatoms. The molecule has 102 valence electrons. The van der Waals surface area contributed by atoms with E-state index in [1.54, 1.807) is 32.0 Å². The van der Waals surface area contributed by atoms with E-state index in [1.807, 2.05) is 0 Å². The van der Waals surface area contributed by atoms with Crippen LogP contribution < -0.4 is 5.32 Å². The van der Waals surface area contributed by atoms with E-state index in [-0.39, 0.29) is 18.7 Å². The van der Waals surface area contributed by atoms with Gasteiger partial charge in [-0.1, -0.05) is 31.0 Å². The lowest BCUT2D eigenvalue weighted by atomic mass is 9.86. The Morgan fingerprint density at radius 2 is 2.16 bits per heavy atom. The summed E-state index contributed by atoms with van der Waals surface area (Å²) in [6.07, 6.45) is 5.56. The van der Waals surface area contributed by atoms with E-state index in [9.17, 15) is 9.18 Å². The Kier molecular flexibility index (Phi) is 5.53. The fourth-order valence-electron chi connectivity index (χ4n) is 2.00. The molecule has 0 aliphatic carbocycles. The van der Waals surface area contributed by atoms with Gasteiger partial charge in [-0.05, 0) is 19.4 Å². The minimum Gasteiger partial charge on any atom is -0.464 e. The number of ether oxygens (including phenoxy) is 1. The number of benzene rings is 1. The number of halogens is 1. The molecular weight excluding hydrogens is 245 g/mol. The minimum absolute atomic E-state index is 0.154. The molecule has 0 aromatic heterocycles. The first kappa shape index (κ1) is 15.2. The molecule has 1 aromatic carbocycles. The van der Waals surface area contributed by atoms with Gasteiger partial charge in [0, 0.05) is 5.56 Å². The normalized spacial score (nSPS) is 13.4. The lowest BCUT2D eigenvalue weighted by molar-refractivity contribution is -0.152. The molecule has 0 saturated heterocycles. The van der Waals surface area contributed by atoms with Gasteiger partial charge in [0.25, 0.3) is 0 Å². The van der Waals surface area contributed by atoms with Crippen molar-refractivity contribution in [1.82, 2.24) is 5.32 Å². The van der Waals surface area contributed by atoms with Crippen molar-refractivity contribution in [3.8, 4) is 12.3 Å². The van der Waals surface area contributed by atoms with Gasteiger partial charge >= 0.3 is 5.97 Å². The Morgan fingerprint density at radius 3 is 2.68 bits per heavy atom. The molecule has 1 aromatic rings. The number of carbonyl (C=O) groups is 1. The highest BCUT2D eigenvalue weighted by molar-refractivity contribution is 5.82. The Bertz CT molecular complexity index is 481. The quantitative estimate of drug-likeness (QED) is 0.631. The summed E-state index contributed by atoms with van der Waals surface area (Å²) in [7, 11) is 0. The maximum Gasteiger partial charge on any atom is 0.331 e. The molecule has 0 saturated carbocycles. The molecule has 3 nitrogen and oxygen atoms in total. The fraction of sp³-hybridized carbons (Fsp3) is 0.400. The van der Waals surface area contributed by atoms with Gasteiger partial charge in [0.05, 0.1) is 13.2 Å². The van der Waals surface area contributed by atoms with E-state index in [4.69, 9.17) is 11.2 Å². The summed E-state index contributed by atoms with van der Waals surface area (Å²) in [5, 5.41) is 2.92. The van der Waals surface area contributed by atoms with Crippen LogP contribution in [0, 0.1) is 18.2 Å². The van der Waals surface area contributed by atoms with Gasteiger partial charge in [-0.3, -0.25) is 5.32 Å². The number of carbonyl (C=O) groups excluding carboxylic acids is 1. The Balaban J connectivity index is 3.28. The number of esters is 1. The summed E-state index contributed by atoms with van der Waals surface area (Å²) < 4.78 is 19.1. The van der Waals surface area contributed by atoms with Gasteiger partial charge in [0.2, 0.25) is 0 Å². The molecule has 0 radical (unpaired) electrons. The number of terminal acetylenes is 1. The molecule has 0 heterocycles. The van der Waals surface area contributed by atoms with Gasteiger partial charge in [-0.2, -0.15) is 0 Å². The number of hydrogen-bond donors (Lipinski definition) is 1. The van der Waals surface area contributed by atoms with E-state index in [2.05, 4.69) is 11.2 Å². The largest absolute Gasteiger partial charge is 0.464 e. The van der Waals surface area contributed by atoms with E-state index >= 15 is 0 Å². The Labute approximate surface area is 113 Å². The van der Waals surface area contributed by atoms with Crippen LogP contribution >= 0.6 is 0 Å². The molecule has 0 spiro atoms. The van der Waals surface area contributed by atoms with Crippen molar-refractivity contribution in [2.45, 2.75) is 25.8 Å². The molecule has 0 aliphatic rings. The van der Waals surface area contributed by atoms with Crippen LogP contribution in [0.25, 0.3) is 0 Å². The summed E-state index contributed by atoms with van der Waals surface area (Å²) in [5.41, 5.74) is -0.987. The van der Waals surface area contributed by atoms with Gasteiger partial charge in [0.1, 0.15) is 11.4 Å². The summed E-state index contributed by atoms with van der Waals surface area (Å²) in [5.74, 6) is 1.43. The van der Waals surface area contributed by atoms with Crippen LogP contribution in [0.15, 0.2) is 24.3 Å². The predicted octanol–water partition coefficient (Wildman–Crippen LogP) is 2.22. The highest BCUT2D eigenvalue weighted by Gasteiger charge is 2.41. The second-order valence-corrected chi connectivity index (χ2v) is 4.02. The van der Waals surface area contributed by atoms with Crippen molar-refractivity contribution >= 4 is 5.97 Å². The van der Waals surface area contributed by atoms with Crippen molar-refractivity contribution in [1.29, 1.82) is 0 Å². The molecule has 0 bridgehead atoms. The Hall–Kier alpha value is -1.86. The van der Waals surface area contributed by atoms with Crippen molar-refractivity contribution in [2.75, 3.05) is 13.2 Å². The highest BCUT2D eigenvalue weighted by Crippen LogP contribution is 2.29. The molecule has 0 aliphatic heterocycles. The molecule has 0 fully saturated rings. The van der Waals surface area contributed by atoms with Gasteiger partial charge in [0.15, 0.2) is 0 Å². The summed E-state index contributed by atoms with van der Waals surface area (Å²) in [4.78, 5) is 12.2. The number of nitrogens with one attached hydrogen (secondary N) is 1. The molecule has 1 N–H and O–H groups in total. The van der Waals surface area contributed by atoms with Crippen LogP contribution in [0.1, 0.15) is 25.8 Å². The lowest BCUT2D eigenvalue weighted by Crippen LogP contribution is -2.50. The topological polar surface area (TPSA) is 38.3 Å². The average molecular weight is 263 g/mol. The fourth-order valence-corrected chi connectivity index (χ4v) is 2.00. The molecular formula is C15H18FNO2. The summed E-state index contributed by atoms with van der Waals surface area (Å²) >= 11 is 0. The zero-order chi connectivity index (χ0) is 14.3. The first-order chi connectivity index (χ1) is 9.12. The van der Waals surface area contributed by atoms with Crippen molar-refractivity contribution in [2.24, 2.45) is 0 Å². The summed E-state index contributed by atoms with van der Waals surface area (Å²) in [6.45, 7) is 3.88. The van der Waals surface area contributed by atoms with Crippen LogP contribution in [0.3, 0.4) is 0 Å². The van der Waals surface area contributed by atoms with Crippen LogP contribution in [0.5, 0.6) is 0 Å². The van der Waals surface area contributed by atoms with Crippen molar-refractivity contribution in [3.63, 3.8) is 0 Å². The standard InChI is InChI=1S/C15H18FNO2/c1-4-11-17-15(5-2,14(18)19-6-3)12-9-7-8-10-13(12)16/h1,7-10,17H,5-6,11H2,2-3H3. The molecule has 1 atom stereocenters. The molecule has 0 amide bonds. The second kappa shape index (κ2) is 6.91. The first-order valence-corrected chi connectivity index (χ1v) is 6.23. The van der Waals surface area contributed by atoms with E-state index < -0.39 is 17.3 Å². The van der Waals surface area contributed by atoms with E-state index in [1.165, 1.54) is 6.07 Å². The van der Waals surface area contributed by atoms with Gasteiger partial charge < -0.3 is 4.74 Å². The zero-order valence-electron chi connectivity index (χ0n) is 11.2. The van der Waals surface area contributed by atoms with Crippen molar-refractivity contribution < 1.29 is 13.9 Å². The third-order valence-electron chi connectivity index (χ3n) is 2.98. The zero-order valence-corrected chi connectivity index (χ0v) is 11.2. The van der Waals surface area contributed by atoms with E-state index in [0.29, 0.717) is 6.42 Å². The minimum atomic E-state index is -1.24. The monoisotopic (exact) mass is 263 g/mol. The van der Waals surface area contributed by atoms with Crippen LogP contribution in [-0.4, -0.2) is 19.1 Å². The van der Waals surface area contributed by atoms with Gasteiger partial charge in [-0.15, -0.1) is 6.42 Å². The van der Waals surface area contributed by atoms with E-state index in [0.717, 1.165) is 0 Å². The van der Waals surface area contributed by atoms with Crippen LogP contribution in [0.2, 0.25) is 0 Å². The number of hydrogen-bond acceptors (Lipinski definition) is 3. The maximum atomic E-state index is 14.0. The second-order valence-electron chi connectivity index (χ2n) is 4.02. The smallest absolute Gasteiger partial charge is 0.331 e. The first-order valence-electron chi connectivity index (χ1n) is 6.23. The third-order valence-corrected chi connectivity index (χ3v) is 2.98. The lowest BCUT2D eigenvalue weighted by Gasteiger charge is -2.31. The molecule has 1 rings (SSSR count). The predicted molar refractivity (Wildman–Crippen MR) is 71.8 cm³/mol. The van der Waals surface area contributed by atoms with Gasteiger partial charge in [-0.25, -0.2) is 9.18 Å². The summed E-state index contributed by atoms with van der Waals surface area (Å²) in [6, 6.07) is 6.14. The SMILES string of the molecule is C#CCNC(CC)(C(=O)OCC)c1ccccc1F. The maximum absolute atomic E-state index is 14.0. The number of rotatable bonds is 6. The molecule has 19 heavy (non-hydrogen) atoms. The third kappa shape index (κ3) is 3.12. The molecule has 1 unspecified atom stereocenters. The van der Waals surface area contributed by atoms with Crippen molar-refractivity contribution in [3.05, 3.63) is 35.6 Å². The van der Waals surface area contributed by atoms with Crippen LogP contribution in [0.4, 0.5) is 4.39 Å². The Morgan fingerprint density at radius 1 is 1.47 bits per heavy atom.